The SMILES string of the molecule is CCCCC(OC1C=CCC=C1)C(C)O. The van der Waals surface area contributed by atoms with Crippen LogP contribution in [0, 0.1) is 0 Å². The van der Waals surface area contributed by atoms with Crippen molar-refractivity contribution in [3.8, 4) is 0 Å². The summed E-state index contributed by atoms with van der Waals surface area (Å²) >= 11 is 0. The molecule has 86 valence electrons. The lowest BCUT2D eigenvalue weighted by atomic mass is 10.1. The minimum Gasteiger partial charge on any atom is -0.391 e. The molecule has 2 atom stereocenters. The summed E-state index contributed by atoms with van der Waals surface area (Å²) in [7, 11) is 0. The zero-order valence-corrected chi connectivity index (χ0v) is 9.73. The second-order valence-electron chi connectivity index (χ2n) is 4.11. The summed E-state index contributed by atoms with van der Waals surface area (Å²) in [6, 6.07) is 0. The maximum absolute atomic E-state index is 9.60. The number of ether oxygens (including phenoxy) is 1. The molecule has 0 heterocycles. The van der Waals surface area contributed by atoms with Crippen LogP contribution in [0.4, 0.5) is 0 Å². The molecule has 0 amide bonds. The summed E-state index contributed by atoms with van der Waals surface area (Å²) in [6.07, 6.45) is 12.1. The maximum Gasteiger partial charge on any atom is 0.0942 e. The van der Waals surface area contributed by atoms with E-state index in [9.17, 15) is 5.11 Å². The number of aliphatic hydroxyl groups is 1. The fourth-order valence-corrected chi connectivity index (χ4v) is 1.69. The smallest absolute Gasteiger partial charge is 0.0942 e. The molecule has 1 N–H and O–H groups in total. The van der Waals surface area contributed by atoms with Crippen molar-refractivity contribution in [2.24, 2.45) is 0 Å². The fraction of sp³-hybridized carbons (Fsp3) is 0.692. The van der Waals surface area contributed by atoms with Crippen LogP contribution in [0.1, 0.15) is 39.5 Å². The number of aliphatic hydroxyl groups excluding tert-OH is 1. The minimum absolute atomic E-state index is 0.0395. The van der Waals surface area contributed by atoms with Crippen molar-refractivity contribution in [1.82, 2.24) is 0 Å². The van der Waals surface area contributed by atoms with Gasteiger partial charge in [0.05, 0.1) is 18.3 Å². The highest BCUT2D eigenvalue weighted by atomic mass is 16.5. The van der Waals surface area contributed by atoms with Crippen molar-refractivity contribution in [3.63, 3.8) is 0 Å². The molecule has 2 nitrogen and oxygen atoms in total. The zero-order valence-electron chi connectivity index (χ0n) is 9.73. The van der Waals surface area contributed by atoms with E-state index in [4.69, 9.17) is 4.74 Å². The van der Waals surface area contributed by atoms with E-state index in [-0.39, 0.29) is 18.3 Å². The predicted octanol–water partition coefficient (Wildman–Crippen LogP) is 2.83. The molecule has 2 unspecified atom stereocenters. The first-order valence-electron chi connectivity index (χ1n) is 5.91. The molecule has 0 aromatic rings. The van der Waals surface area contributed by atoms with Gasteiger partial charge < -0.3 is 9.84 Å². The van der Waals surface area contributed by atoms with E-state index in [1.807, 2.05) is 0 Å². The third-order valence-electron chi connectivity index (χ3n) is 2.64. The molecule has 0 aromatic carbocycles. The summed E-state index contributed by atoms with van der Waals surface area (Å²) < 4.78 is 5.83. The third-order valence-corrected chi connectivity index (χ3v) is 2.64. The molecule has 0 bridgehead atoms. The van der Waals surface area contributed by atoms with E-state index in [0.717, 1.165) is 25.7 Å². The molecular formula is C13H22O2. The second-order valence-corrected chi connectivity index (χ2v) is 4.11. The average Bonchev–Trinajstić information content (AvgIpc) is 2.25. The van der Waals surface area contributed by atoms with E-state index in [2.05, 4.69) is 31.2 Å². The van der Waals surface area contributed by atoms with Crippen LogP contribution >= 0.6 is 0 Å². The Labute approximate surface area is 92.6 Å². The number of hydrogen-bond acceptors (Lipinski definition) is 2. The predicted molar refractivity (Wildman–Crippen MR) is 62.8 cm³/mol. The Kier molecular flexibility index (Phi) is 5.66. The molecule has 0 fully saturated rings. The molecule has 0 saturated heterocycles. The largest absolute Gasteiger partial charge is 0.391 e. The molecule has 15 heavy (non-hydrogen) atoms. The Hall–Kier alpha value is -0.600. The van der Waals surface area contributed by atoms with E-state index in [1.165, 1.54) is 0 Å². The van der Waals surface area contributed by atoms with Crippen molar-refractivity contribution in [2.45, 2.75) is 57.8 Å². The van der Waals surface area contributed by atoms with Crippen LogP contribution in [0.5, 0.6) is 0 Å². The van der Waals surface area contributed by atoms with E-state index < -0.39 is 0 Å². The van der Waals surface area contributed by atoms with E-state index >= 15 is 0 Å². The third kappa shape index (κ3) is 4.63. The van der Waals surface area contributed by atoms with Crippen LogP contribution in [-0.2, 0) is 4.74 Å². The van der Waals surface area contributed by atoms with Gasteiger partial charge >= 0.3 is 0 Å². The minimum atomic E-state index is -0.389. The molecule has 1 rings (SSSR count). The van der Waals surface area contributed by atoms with E-state index in [0.29, 0.717) is 0 Å². The van der Waals surface area contributed by atoms with Gasteiger partial charge in [-0.15, -0.1) is 0 Å². The first-order chi connectivity index (χ1) is 7.24. The van der Waals surface area contributed by atoms with Crippen LogP contribution in [0.25, 0.3) is 0 Å². The highest BCUT2D eigenvalue weighted by molar-refractivity contribution is 5.10. The monoisotopic (exact) mass is 210 g/mol. The second kappa shape index (κ2) is 6.81. The molecule has 1 aliphatic rings. The van der Waals surface area contributed by atoms with Gasteiger partial charge in [0, 0.05) is 0 Å². The quantitative estimate of drug-likeness (QED) is 0.683. The molecule has 0 aliphatic heterocycles. The summed E-state index contributed by atoms with van der Waals surface area (Å²) in [6.45, 7) is 3.95. The lowest BCUT2D eigenvalue weighted by Gasteiger charge is -2.24. The van der Waals surface area contributed by atoms with Gasteiger partial charge in [0.2, 0.25) is 0 Å². The molecule has 2 heteroatoms. The van der Waals surface area contributed by atoms with Crippen molar-refractivity contribution >= 4 is 0 Å². The van der Waals surface area contributed by atoms with E-state index in [1.54, 1.807) is 6.92 Å². The van der Waals surface area contributed by atoms with Crippen molar-refractivity contribution < 1.29 is 9.84 Å². The van der Waals surface area contributed by atoms with Gasteiger partial charge in [0.15, 0.2) is 0 Å². The van der Waals surface area contributed by atoms with Gasteiger partial charge in [-0.05, 0) is 19.8 Å². The Morgan fingerprint density at radius 1 is 1.40 bits per heavy atom. The Bertz CT molecular complexity index is 207. The van der Waals surface area contributed by atoms with Gasteiger partial charge in [0.1, 0.15) is 0 Å². The van der Waals surface area contributed by atoms with Crippen LogP contribution in [0.15, 0.2) is 24.3 Å². The fourth-order valence-electron chi connectivity index (χ4n) is 1.69. The van der Waals surface area contributed by atoms with Gasteiger partial charge in [-0.1, -0.05) is 44.1 Å². The van der Waals surface area contributed by atoms with Gasteiger partial charge in [-0.3, -0.25) is 0 Å². The first kappa shape index (κ1) is 12.5. The van der Waals surface area contributed by atoms with Crippen molar-refractivity contribution in [2.75, 3.05) is 0 Å². The molecule has 0 radical (unpaired) electrons. The highest BCUT2D eigenvalue weighted by Crippen LogP contribution is 2.15. The number of rotatable bonds is 6. The van der Waals surface area contributed by atoms with Gasteiger partial charge in [-0.2, -0.15) is 0 Å². The number of unbranched alkanes of at least 4 members (excludes halogenated alkanes) is 1. The summed E-state index contributed by atoms with van der Waals surface area (Å²) in [5.74, 6) is 0. The van der Waals surface area contributed by atoms with Crippen LogP contribution in [0.3, 0.4) is 0 Å². The Balaban J connectivity index is 2.39. The number of allylic oxidation sites excluding steroid dienone is 2. The summed E-state index contributed by atoms with van der Waals surface area (Å²) in [5.41, 5.74) is 0. The summed E-state index contributed by atoms with van der Waals surface area (Å²) in [5, 5.41) is 9.60. The maximum atomic E-state index is 9.60. The number of hydrogen-bond donors (Lipinski definition) is 1. The standard InChI is InChI=1S/C13H22O2/c1-3-4-10-13(11(2)14)15-12-8-6-5-7-9-12/h6-9,11-14H,3-5,10H2,1-2H3. The first-order valence-corrected chi connectivity index (χ1v) is 5.91. The highest BCUT2D eigenvalue weighted by Gasteiger charge is 2.18. The van der Waals surface area contributed by atoms with Crippen LogP contribution in [0.2, 0.25) is 0 Å². The Morgan fingerprint density at radius 3 is 2.60 bits per heavy atom. The molecule has 0 aromatic heterocycles. The molecule has 0 spiro atoms. The zero-order chi connectivity index (χ0) is 11.1. The lowest BCUT2D eigenvalue weighted by Crippen LogP contribution is -2.30. The van der Waals surface area contributed by atoms with Crippen molar-refractivity contribution in [3.05, 3.63) is 24.3 Å². The van der Waals surface area contributed by atoms with Gasteiger partial charge in [0.25, 0.3) is 0 Å². The van der Waals surface area contributed by atoms with Gasteiger partial charge in [-0.25, -0.2) is 0 Å². The normalized spacial score (nSPS) is 20.5. The topological polar surface area (TPSA) is 29.5 Å². The lowest BCUT2D eigenvalue weighted by molar-refractivity contribution is -0.0453. The average molecular weight is 210 g/mol. The van der Waals surface area contributed by atoms with Crippen molar-refractivity contribution in [1.29, 1.82) is 0 Å². The van der Waals surface area contributed by atoms with Crippen LogP contribution < -0.4 is 0 Å². The Morgan fingerprint density at radius 2 is 2.07 bits per heavy atom. The molecular weight excluding hydrogens is 188 g/mol. The molecule has 1 aliphatic carbocycles. The summed E-state index contributed by atoms with van der Waals surface area (Å²) in [4.78, 5) is 0. The van der Waals surface area contributed by atoms with Crippen LogP contribution in [-0.4, -0.2) is 23.4 Å². The molecule has 0 saturated carbocycles.